The lowest BCUT2D eigenvalue weighted by molar-refractivity contribution is 0.343. The minimum absolute atomic E-state index is 0.00958. The second-order valence-electron chi connectivity index (χ2n) is 3.65. The summed E-state index contributed by atoms with van der Waals surface area (Å²) in [5.41, 5.74) is 0. The minimum atomic E-state index is -3.43. The van der Waals surface area contributed by atoms with Crippen LogP contribution in [0.3, 0.4) is 0 Å². The Labute approximate surface area is 120 Å². The molecule has 0 N–H and O–H groups in total. The summed E-state index contributed by atoms with van der Waals surface area (Å²) in [6, 6.07) is 1.49. The van der Waals surface area contributed by atoms with Crippen molar-refractivity contribution in [2.24, 2.45) is 0 Å². The van der Waals surface area contributed by atoms with Crippen molar-refractivity contribution in [2.75, 3.05) is 6.54 Å². The van der Waals surface area contributed by atoms with Crippen LogP contribution in [0, 0.1) is 0 Å². The van der Waals surface area contributed by atoms with E-state index in [0.717, 1.165) is 17.8 Å². The topological polar surface area (TPSA) is 37.4 Å². The standard InChI is InChI=1S/C10H15BrClNO2S2/c1-4-7(3)13(5-2)17(14,15)9-6-8(12)10(11)16-9/h6-7H,4-5H2,1-3H3. The van der Waals surface area contributed by atoms with Gasteiger partial charge in [0, 0.05) is 12.6 Å². The van der Waals surface area contributed by atoms with Gasteiger partial charge in [-0.2, -0.15) is 4.31 Å². The van der Waals surface area contributed by atoms with Gasteiger partial charge in [-0.05, 0) is 35.3 Å². The van der Waals surface area contributed by atoms with Crippen molar-refractivity contribution >= 4 is 48.9 Å². The van der Waals surface area contributed by atoms with Crippen LogP contribution in [0.4, 0.5) is 0 Å². The zero-order valence-corrected chi connectivity index (χ0v) is 13.9. The molecule has 0 saturated carbocycles. The highest BCUT2D eigenvalue weighted by atomic mass is 79.9. The molecule has 7 heteroatoms. The van der Waals surface area contributed by atoms with Crippen LogP contribution >= 0.6 is 38.9 Å². The van der Waals surface area contributed by atoms with Crippen molar-refractivity contribution < 1.29 is 8.42 Å². The van der Waals surface area contributed by atoms with E-state index in [0.29, 0.717) is 15.4 Å². The Hall–Kier alpha value is 0.380. The van der Waals surface area contributed by atoms with Gasteiger partial charge in [0.05, 0.1) is 8.81 Å². The van der Waals surface area contributed by atoms with Gasteiger partial charge < -0.3 is 0 Å². The smallest absolute Gasteiger partial charge is 0.206 e. The Morgan fingerprint density at radius 2 is 2.12 bits per heavy atom. The average Bonchev–Trinajstić information content (AvgIpc) is 2.60. The molecule has 0 bridgehead atoms. The van der Waals surface area contributed by atoms with Crippen LogP contribution in [-0.2, 0) is 10.0 Å². The van der Waals surface area contributed by atoms with Gasteiger partial charge in [0.2, 0.25) is 0 Å². The van der Waals surface area contributed by atoms with Gasteiger partial charge in [0.15, 0.2) is 0 Å². The number of sulfonamides is 1. The largest absolute Gasteiger partial charge is 0.252 e. The quantitative estimate of drug-likeness (QED) is 0.796. The summed E-state index contributed by atoms with van der Waals surface area (Å²) in [6.07, 6.45) is 0.785. The van der Waals surface area contributed by atoms with E-state index in [2.05, 4.69) is 15.9 Å². The fourth-order valence-electron chi connectivity index (χ4n) is 1.49. The van der Waals surface area contributed by atoms with Crippen LogP contribution in [0.2, 0.25) is 5.02 Å². The summed E-state index contributed by atoms with van der Waals surface area (Å²) in [5, 5.41) is 0.439. The van der Waals surface area contributed by atoms with Crippen molar-refractivity contribution in [3.63, 3.8) is 0 Å². The summed E-state index contributed by atoms with van der Waals surface area (Å²) < 4.78 is 27.2. The van der Waals surface area contributed by atoms with E-state index >= 15 is 0 Å². The third-order valence-electron chi connectivity index (χ3n) is 2.58. The molecule has 1 heterocycles. The Morgan fingerprint density at radius 3 is 2.47 bits per heavy atom. The molecule has 0 aliphatic heterocycles. The summed E-state index contributed by atoms with van der Waals surface area (Å²) in [4.78, 5) is 0. The SMILES string of the molecule is CCC(C)N(CC)S(=O)(=O)c1cc(Cl)c(Br)s1. The first-order valence-electron chi connectivity index (χ1n) is 5.31. The monoisotopic (exact) mass is 359 g/mol. The van der Waals surface area contributed by atoms with Gasteiger partial charge in [-0.3, -0.25) is 0 Å². The van der Waals surface area contributed by atoms with Gasteiger partial charge in [0.25, 0.3) is 10.0 Å². The normalized spacial score (nSPS) is 14.2. The van der Waals surface area contributed by atoms with Crippen LogP contribution in [0.5, 0.6) is 0 Å². The second kappa shape index (κ2) is 6.02. The zero-order valence-electron chi connectivity index (χ0n) is 9.91. The molecule has 0 aliphatic carbocycles. The highest BCUT2D eigenvalue weighted by molar-refractivity contribution is 9.11. The van der Waals surface area contributed by atoms with Gasteiger partial charge in [-0.1, -0.05) is 25.4 Å². The third-order valence-corrected chi connectivity index (χ3v) is 7.59. The van der Waals surface area contributed by atoms with Gasteiger partial charge >= 0.3 is 0 Å². The minimum Gasteiger partial charge on any atom is -0.206 e. The molecule has 1 aromatic heterocycles. The number of hydrogen-bond donors (Lipinski definition) is 0. The lowest BCUT2D eigenvalue weighted by Crippen LogP contribution is -2.37. The molecule has 98 valence electrons. The van der Waals surface area contributed by atoms with Crippen molar-refractivity contribution in [1.29, 1.82) is 0 Å². The molecule has 0 amide bonds. The summed E-state index contributed by atoms with van der Waals surface area (Å²) in [7, 11) is -3.43. The Kier molecular flexibility index (Phi) is 5.46. The number of thiophene rings is 1. The molecule has 17 heavy (non-hydrogen) atoms. The Bertz CT molecular complexity index is 467. The van der Waals surface area contributed by atoms with Crippen molar-refractivity contribution in [3.05, 3.63) is 14.9 Å². The molecule has 1 unspecified atom stereocenters. The third kappa shape index (κ3) is 3.23. The molecule has 0 fully saturated rings. The summed E-state index contributed by atoms with van der Waals surface area (Å²) in [6.45, 7) is 6.18. The van der Waals surface area contributed by atoms with E-state index in [1.165, 1.54) is 10.4 Å². The first-order chi connectivity index (χ1) is 7.84. The van der Waals surface area contributed by atoms with E-state index in [1.807, 2.05) is 20.8 Å². The molecule has 1 atom stereocenters. The molecule has 0 aliphatic rings. The van der Waals surface area contributed by atoms with E-state index in [1.54, 1.807) is 0 Å². The number of nitrogens with zero attached hydrogens (tertiary/aromatic N) is 1. The van der Waals surface area contributed by atoms with Crippen LogP contribution in [0.15, 0.2) is 14.1 Å². The van der Waals surface area contributed by atoms with E-state index in [-0.39, 0.29) is 10.3 Å². The van der Waals surface area contributed by atoms with Gasteiger partial charge in [-0.15, -0.1) is 11.3 Å². The Morgan fingerprint density at radius 1 is 1.53 bits per heavy atom. The van der Waals surface area contributed by atoms with Crippen molar-refractivity contribution in [2.45, 2.75) is 37.4 Å². The molecule has 0 saturated heterocycles. The molecule has 0 aromatic carbocycles. The van der Waals surface area contributed by atoms with E-state index in [9.17, 15) is 8.42 Å². The highest BCUT2D eigenvalue weighted by Crippen LogP contribution is 2.36. The average molecular weight is 361 g/mol. The lowest BCUT2D eigenvalue weighted by atomic mass is 10.3. The van der Waals surface area contributed by atoms with Gasteiger partial charge in [-0.25, -0.2) is 8.42 Å². The lowest BCUT2D eigenvalue weighted by Gasteiger charge is -2.25. The molecular weight excluding hydrogens is 346 g/mol. The van der Waals surface area contributed by atoms with Crippen LogP contribution in [-0.4, -0.2) is 25.3 Å². The molecule has 1 aromatic rings. The highest BCUT2D eigenvalue weighted by Gasteiger charge is 2.29. The summed E-state index contributed by atoms with van der Waals surface area (Å²) >= 11 is 10.3. The number of rotatable bonds is 5. The Balaban J connectivity index is 3.17. The maximum absolute atomic E-state index is 12.4. The van der Waals surface area contributed by atoms with Gasteiger partial charge in [0.1, 0.15) is 4.21 Å². The zero-order chi connectivity index (χ0) is 13.2. The van der Waals surface area contributed by atoms with Crippen LogP contribution < -0.4 is 0 Å². The molecule has 0 radical (unpaired) electrons. The van der Waals surface area contributed by atoms with E-state index in [4.69, 9.17) is 11.6 Å². The van der Waals surface area contributed by atoms with Crippen molar-refractivity contribution in [3.8, 4) is 0 Å². The first kappa shape index (κ1) is 15.4. The summed E-state index contributed by atoms with van der Waals surface area (Å²) in [5.74, 6) is 0. The maximum atomic E-state index is 12.4. The molecule has 0 spiro atoms. The first-order valence-corrected chi connectivity index (χ1v) is 8.74. The van der Waals surface area contributed by atoms with Crippen molar-refractivity contribution in [1.82, 2.24) is 4.31 Å². The predicted octanol–water partition coefficient (Wildman–Crippen LogP) is 3.97. The van der Waals surface area contributed by atoms with E-state index < -0.39 is 10.0 Å². The predicted molar refractivity (Wildman–Crippen MR) is 76.3 cm³/mol. The fourth-order valence-corrected chi connectivity index (χ4v) is 5.73. The number of hydrogen-bond acceptors (Lipinski definition) is 3. The second-order valence-corrected chi connectivity index (χ2v) is 8.55. The van der Waals surface area contributed by atoms with Crippen LogP contribution in [0.25, 0.3) is 0 Å². The number of halogens is 2. The maximum Gasteiger partial charge on any atom is 0.252 e. The molecular formula is C10H15BrClNO2S2. The fraction of sp³-hybridized carbons (Fsp3) is 0.600. The molecule has 1 rings (SSSR count). The van der Waals surface area contributed by atoms with Crippen LogP contribution in [0.1, 0.15) is 27.2 Å². The molecule has 3 nitrogen and oxygen atoms in total.